The molecule has 0 bridgehead atoms. The Labute approximate surface area is 248 Å². The number of hydrogen-bond donors (Lipinski definition) is 3. The summed E-state index contributed by atoms with van der Waals surface area (Å²) in [6, 6.07) is 15.5. The van der Waals surface area contributed by atoms with Gasteiger partial charge >= 0.3 is 6.18 Å². The second-order valence-corrected chi connectivity index (χ2v) is 12.8. The van der Waals surface area contributed by atoms with Gasteiger partial charge in [0.15, 0.2) is 0 Å². The van der Waals surface area contributed by atoms with Crippen LogP contribution in [0.25, 0.3) is 0 Å². The maximum atomic E-state index is 13.8. The van der Waals surface area contributed by atoms with Gasteiger partial charge in [-0.15, -0.1) is 0 Å². The number of benzene rings is 2. The van der Waals surface area contributed by atoms with Gasteiger partial charge in [-0.2, -0.15) is 18.2 Å². The van der Waals surface area contributed by atoms with Crippen LogP contribution in [-0.2, 0) is 40.2 Å². The molecular weight excluding hydrogens is 604 g/mol. The van der Waals surface area contributed by atoms with Gasteiger partial charge in [-0.05, 0) is 53.8 Å². The Morgan fingerprint density at radius 3 is 2.35 bits per heavy atom. The average molecular weight is 635 g/mol. The third-order valence-electron chi connectivity index (χ3n) is 6.68. The van der Waals surface area contributed by atoms with Crippen LogP contribution in [0.5, 0.6) is 0 Å². The lowest BCUT2D eigenvalue weighted by Gasteiger charge is -2.20. The van der Waals surface area contributed by atoms with Crippen LogP contribution in [0.2, 0.25) is 0 Å². The van der Waals surface area contributed by atoms with E-state index in [0.29, 0.717) is 35.6 Å². The Balaban J connectivity index is 1.56. The summed E-state index contributed by atoms with van der Waals surface area (Å²) in [4.78, 5) is 21.8. The molecule has 4 rings (SSSR count). The Morgan fingerprint density at radius 1 is 1.02 bits per heavy atom. The molecule has 15 heteroatoms. The molecule has 0 fully saturated rings. The van der Waals surface area contributed by atoms with Crippen molar-refractivity contribution in [2.75, 3.05) is 28.2 Å². The van der Waals surface area contributed by atoms with E-state index in [-0.39, 0.29) is 18.3 Å². The summed E-state index contributed by atoms with van der Waals surface area (Å²) in [6.07, 6.45) is -0.566. The van der Waals surface area contributed by atoms with Gasteiger partial charge in [-0.25, -0.2) is 18.4 Å². The van der Waals surface area contributed by atoms with Crippen molar-refractivity contribution < 1.29 is 31.0 Å². The van der Waals surface area contributed by atoms with Crippen molar-refractivity contribution in [2.45, 2.75) is 32.5 Å². The van der Waals surface area contributed by atoms with Gasteiger partial charge in [0.1, 0.15) is 17.2 Å². The maximum absolute atomic E-state index is 13.8. The first kappa shape index (κ1) is 31.9. The summed E-state index contributed by atoms with van der Waals surface area (Å²) in [5, 5.41) is 5.98. The Bertz CT molecular complexity index is 1740. The molecule has 0 radical (unpaired) electrons. The average Bonchev–Trinajstić information content (AvgIpc) is 2.96. The van der Waals surface area contributed by atoms with Crippen molar-refractivity contribution in [3.8, 4) is 0 Å². The molecular formula is C28H30F3N6O4PS. The zero-order valence-corrected chi connectivity index (χ0v) is 25.3. The van der Waals surface area contributed by atoms with Crippen LogP contribution >= 0.6 is 8.03 Å². The quantitative estimate of drug-likeness (QED) is 0.197. The molecule has 10 nitrogen and oxygen atoms in total. The highest BCUT2D eigenvalue weighted by atomic mass is 32.2. The normalized spacial score (nSPS) is 12.5. The van der Waals surface area contributed by atoms with Crippen molar-refractivity contribution >= 4 is 46.6 Å². The summed E-state index contributed by atoms with van der Waals surface area (Å²) in [5.41, 5.74) is 2.41. The number of rotatable bonds is 11. The lowest BCUT2D eigenvalue weighted by Crippen LogP contribution is -2.27. The van der Waals surface area contributed by atoms with Crippen molar-refractivity contribution in [2.24, 2.45) is 0 Å². The molecule has 0 amide bonds. The van der Waals surface area contributed by atoms with E-state index >= 15 is 0 Å². The number of nitrogens with one attached hydrogen (secondary N) is 2. The SMILES string of the molecule is CCc1cccc([PH](=O)O)c1Cc1ccc(Nc2ncc(C(F)(F)F)c(NCc3cccnc3N(C)S(C)(=O)=O)n2)cc1. The molecule has 0 saturated carbocycles. The minimum Gasteiger partial charge on any atom is -0.365 e. The molecule has 228 valence electrons. The number of sulfonamides is 1. The minimum atomic E-state index is -4.75. The van der Waals surface area contributed by atoms with Crippen LogP contribution in [0.15, 0.2) is 67.0 Å². The van der Waals surface area contributed by atoms with E-state index in [1.54, 1.807) is 48.5 Å². The molecule has 3 N–H and O–H groups in total. The largest absolute Gasteiger partial charge is 0.421 e. The van der Waals surface area contributed by atoms with Crippen LogP contribution in [0, 0.1) is 0 Å². The summed E-state index contributed by atoms with van der Waals surface area (Å²) in [7, 11) is -5.25. The molecule has 4 aromatic rings. The van der Waals surface area contributed by atoms with Gasteiger partial charge in [0.25, 0.3) is 0 Å². The van der Waals surface area contributed by atoms with E-state index in [2.05, 4.69) is 25.6 Å². The highest BCUT2D eigenvalue weighted by Crippen LogP contribution is 2.35. The molecule has 1 atom stereocenters. The van der Waals surface area contributed by atoms with E-state index in [1.165, 1.54) is 13.2 Å². The van der Waals surface area contributed by atoms with E-state index in [9.17, 15) is 31.0 Å². The molecule has 0 aliphatic carbocycles. The third kappa shape index (κ3) is 7.89. The summed E-state index contributed by atoms with van der Waals surface area (Å²) in [6.45, 7) is 1.78. The van der Waals surface area contributed by atoms with Crippen LogP contribution in [-0.4, -0.2) is 41.6 Å². The fourth-order valence-electron chi connectivity index (χ4n) is 4.39. The number of aryl methyl sites for hydroxylation is 1. The number of halogens is 3. The first-order valence-electron chi connectivity index (χ1n) is 13.0. The minimum absolute atomic E-state index is 0.0683. The van der Waals surface area contributed by atoms with Gasteiger partial charge in [0, 0.05) is 42.5 Å². The fourth-order valence-corrected chi connectivity index (χ4v) is 5.61. The molecule has 2 heterocycles. The summed E-state index contributed by atoms with van der Waals surface area (Å²) < 4.78 is 78.2. The van der Waals surface area contributed by atoms with Gasteiger partial charge in [0.05, 0.1) is 6.26 Å². The van der Waals surface area contributed by atoms with Crippen LogP contribution in [0.3, 0.4) is 0 Å². The predicted molar refractivity (Wildman–Crippen MR) is 161 cm³/mol. The predicted octanol–water partition coefficient (Wildman–Crippen LogP) is 4.89. The highest BCUT2D eigenvalue weighted by molar-refractivity contribution is 7.92. The van der Waals surface area contributed by atoms with Gasteiger partial charge in [0.2, 0.25) is 24.0 Å². The van der Waals surface area contributed by atoms with Crippen LogP contribution < -0.4 is 20.2 Å². The second-order valence-electron chi connectivity index (χ2n) is 9.62. The third-order valence-corrected chi connectivity index (χ3v) is 8.78. The summed E-state index contributed by atoms with van der Waals surface area (Å²) >= 11 is 0. The number of hydrogen-bond acceptors (Lipinski definition) is 8. The topological polar surface area (TPSA) is 137 Å². The summed E-state index contributed by atoms with van der Waals surface area (Å²) in [5.74, 6) is -0.527. The first-order valence-corrected chi connectivity index (χ1v) is 16.2. The molecule has 0 aliphatic heterocycles. The monoisotopic (exact) mass is 634 g/mol. The lowest BCUT2D eigenvalue weighted by molar-refractivity contribution is -0.137. The number of nitrogens with zero attached hydrogens (tertiary/aromatic N) is 4. The van der Waals surface area contributed by atoms with E-state index in [4.69, 9.17) is 0 Å². The zero-order chi connectivity index (χ0) is 31.4. The Kier molecular flexibility index (Phi) is 9.73. The highest BCUT2D eigenvalue weighted by Gasteiger charge is 2.35. The Hall–Kier alpha value is -4.00. The van der Waals surface area contributed by atoms with Crippen molar-refractivity contribution in [3.63, 3.8) is 0 Å². The maximum Gasteiger partial charge on any atom is 0.421 e. The van der Waals surface area contributed by atoms with Crippen LogP contribution in [0.4, 0.5) is 36.4 Å². The number of pyridine rings is 1. The van der Waals surface area contributed by atoms with Gasteiger partial charge < -0.3 is 15.5 Å². The fraction of sp³-hybridized carbons (Fsp3) is 0.250. The number of aromatic nitrogens is 3. The zero-order valence-electron chi connectivity index (χ0n) is 23.5. The van der Waals surface area contributed by atoms with Crippen molar-refractivity contribution in [3.05, 3.63) is 94.8 Å². The molecule has 0 saturated heterocycles. The van der Waals surface area contributed by atoms with E-state index in [1.807, 2.05) is 13.0 Å². The van der Waals surface area contributed by atoms with Gasteiger partial charge in [-0.1, -0.05) is 37.3 Å². The molecule has 43 heavy (non-hydrogen) atoms. The first-order chi connectivity index (χ1) is 20.3. The molecule has 0 spiro atoms. The lowest BCUT2D eigenvalue weighted by atomic mass is 9.98. The van der Waals surface area contributed by atoms with Crippen LogP contribution in [0.1, 0.15) is 34.7 Å². The number of anilines is 4. The van der Waals surface area contributed by atoms with E-state index in [0.717, 1.165) is 27.3 Å². The van der Waals surface area contributed by atoms with E-state index < -0.39 is 35.6 Å². The smallest absolute Gasteiger partial charge is 0.365 e. The van der Waals surface area contributed by atoms with Crippen molar-refractivity contribution in [1.29, 1.82) is 0 Å². The van der Waals surface area contributed by atoms with Crippen molar-refractivity contribution in [1.82, 2.24) is 15.0 Å². The molecule has 1 unspecified atom stereocenters. The van der Waals surface area contributed by atoms with Gasteiger partial charge in [-0.3, -0.25) is 8.87 Å². The molecule has 2 aromatic heterocycles. The second kappa shape index (κ2) is 13.1. The molecule has 0 aliphatic rings. The molecule has 2 aromatic carbocycles. The Morgan fingerprint density at radius 2 is 1.72 bits per heavy atom. The standard InChI is InChI=1S/C28H30F3N6O4PS/c1-4-19-7-5-9-24(42(38)39)22(19)15-18-10-12-21(13-11-18)35-27-34-17-23(28(29,30)31)25(36-27)33-16-20-8-6-14-32-26(20)37(2)43(3,40)41/h5-14,17,42H,4,15-16H2,1-3H3,(H,38,39)(H2,33,34,35,36). The number of alkyl halides is 3.